The van der Waals surface area contributed by atoms with E-state index < -0.39 is 11.5 Å². The second-order valence-electron chi connectivity index (χ2n) is 6.40. The minimum atomic E-state index is -1.83. The Morgan fingerprint density at radius 2 is 1.46 bits per heavy atom. The number of Topliss-reactive ketones (excluding diaryl/α,β-unsaturated/α-hetero) is 1. The standard InChI is InChI=1S/C22H17NO3/c24-20(14-22(26)18-8-4-5-9-19(18)23-21(22)25)17-12-10-16(11-13-17)15-6-2-1-3-7-15/h1-13,26H,14H2,(H,23,25)/t22-/m1/s1. The van der Waals surface area contributed by atoms with E-state index in [4.69, 9.17) is 0 Å². The summed E-state index contributed by atoms with van der Waals surface area (Å²) in [5, 5.41) is 13.5. The van der Waals surface area contributed by atoms with Gasteiger partial charge in [-0.05, 0) is 17.2 Å². The average Bonchev–Trinajstić information content (AvgIpc) is 2.93. The zero-order valence-corrected chi connectivity index (χ0v) is 14.0. The number of rotatable bonds is 4. The van der Waals surface area contributed by atoms with Gasteiger partial charge in [-0.1, -0.05) is 72.8 Å². The summed E-state index contributed by atoms with van der Waals surface area (Å²) in [5.74, 6) is -0.841. The molecule has 4 heteroatoms. The Labute approximate surface area is 151 Å². The van der Waals surface area contributed by atoms with E-state index in [1.165, 1.54) is 0 Å². The number of aliphatic hydroxyl groups is 1. The highest BCUT2D eigenvalue weighted by Crippen LogP contribution is 2.38. The fourth-order valence-corrected chi connectivity index (χ4v) is 3.29. The molecule has 128 valence electrons. The molecule has 0 spiro atoms. The summed E-state index contributed by atoms with van der Waals surface area (Å²) in [4.78, 5) is 24.9. The van der Waals surface area contributed by atoms with Gasteiger partial charge in [0.25, 0.3) is 5.91 Å². The number of hydrogen-bond donors (Lipinski definition) is 2. The van der Waals surface area contributed by atoms with Crippen molar-refractivity contribution in [2.45, 2.75) is 12.0 Å². The molecule has 1 aliphatic rings. The lowest BCUT2D eigenvalue weighted by Crippen LogP contribution is -2.36. The van der Waals surface area contributed by atoms with Crippen molar-refractivity contribution < 1.29 is 14.7 Å². The summed E-state index contributed by atoms with van der Waals surface area (Å²) < 4.78 is 0. The maximum atomic E-state index is 12.7. The van der Waals surface area contributed by atoms with Crippen LogP contribution in [0.2, 0.25) is 0 Å². The molecule has 1 heterocycles. The molecular weight excluding hydrogens is 326 g/mol. The van der Waals surface area contributed by atoms with Gasteiger partial charge in [0.2, 0.25) is 0 Å². The van der Waals surface area contributed by atoms with Crippen LogP contribution >= 0.6 is 0 Å². The summed E-state index contributed by atoms with van der Waals surface area (Å²) in [6.45, 7) is 0. The van der Waals surface area contributed by atoms with Gasteiger partial charge in [0, 0.05) is 16.8 Å². The predicted molar refractivity (Wildman–Crippen MR) is 99.8 cm³/mol. The number of fused-ring (bicyclic) bond motifs is 1. The van der Waals surface area contributed by atoms with Gasteiger partial charge in [-0.2, -0.15) is 0 Å². The number of nitrogens with one attached hydrogen (secondary N) is 1. The molecule has 3 aromatic rings. The highest BCUT2D eigenvalue weighted by Gasteiger charge is 2.46. The number of para-hydroxylation sites is 1. The van der Waals surface area contributed by atoms with Gasteiger partial charge >= 0.3 is 0 Å². The number of anilines is 1. The van der Waals surface area contributed by atoms with Gasteiger partial charge < -0.3 is 10.4 Å². The molecule has 2 N–H and O–H groups in total. The van der Waals surface area contributed by atoms with Crippen molar-refractivity contribution in [1.29, 1.82) is 0 Å². The van der Waals surface area contributed by atoms with Crippen LogP contribution in [0.3, 0.4) is 0 Å². The molecule has 4 nitrogen and oxygen atoms in total. The topological polar surface area (TPSA) is 66.4 Å². The van der Waals surface area contributed by atoms with Crippen molar-refractivity contribution in [2.24, 2.45) is 0 Å². The van der Waals surface area contributed by atoms with Crippen LogP contribution < -0.4 is 5.32 Å². The molecule has 1 aliphatic heterocycles. The van der Waals surface area contributed by atoms with Crippen molar-refractivity contribution in [3.63, 3.8) is 0 Å². The van der Waals surface area contributed by atoms with Gasteiger partial charge in [-0.25, -0.2) is 0 Å². The van der Waals surface area contributed by atoms with Crippen LogP contribution in [0.4, 0.5) is 5.69 Å². The van der Waals surface area contributed by atoms with Gasteiger partial charge in [0.15, 0.2) is 11.4 Å². The maximum absolute atomic E-state index is 12.7. The lowest BCUT2D eigenvalue weighted by Gasteiger charge is -2.20. The minimum absolute atomic E-state index is 0.279. The third-order valence-corrected chi connectivity index (χ3v) is 4.73. The van der Waals surface area contributed by atoms with Crippen molar-refractivity contribution >= 4 is 17.4 Å². The molecule has 0 aliphatic carbocycles. The molecule has 0 bridgehead atoms. The summed E-state index contributed by atoms with van der Waals surface area (Å²) in [6.07, 6.45) is -0.291. The van der Waals surface area contributed by atoms with Crippen LogP contribution in [0.1, 0.15) is 22.3 Å². The summed E-state index contributed by atoms with van der Waals surface area (Å²) in [6, 6.07) is 24.0. The molecule has 0 unspecified atom stereocenters. The number of amides is 1. The fraction of sp³-hybridized carbons (Fsp3) is 0.0909. The first-order valence-electron chi connectivity index (χ1n) is 8.40. The van der Waals surface area contributed by atoms with Crippen molar-refractivity contribution in [3.8, 4) is 11.1 Å². The normalized spacial score (nSPS) is 18.3. The summed E-state index contributed by atoms with van der Waals surface area (Å²) >= 11 is 0. The Hall–Kier alpha value is -3.24. The lowest BCUT2D eigenvalue weighted by molar-refractivity contribution is -0.133. The number of benzene rings is 3. The SMILES string of the molecule is O=C(C[C@]1(O)C(=O)Nc2ccccc21)c1ccc(-c2ccccc2)cc1. The molecule has 0 saturated carbocycles. The Bertz CT molecular complexity index is 980. The number of ketones is 1. The molecule has 0 aromatic heterocycles. The number of carbonyl (C=O) groups excluding carboxylic acids is 2. The third-order valence-electron chi connectivity index (χ3n) is 4.73. The summed E-state index contributed by atoms with van der Waals surface area (Å²) in [7, 11) is 0. The van der Waals surface area contributed by atoms with E-state index in [0.717, 1.165) is 11.1 Å². The molecule has 4 rings (SSSR count). The Kier molecular flexibility index (Phi) is 3.90. The van der Waals surface area contributed by atoms with Crippen molar-refractivity contribution in [2.75, 3.05) is 5.32 Å². The van der Waals surface area contributed by atoms with E-state index in [-0.39, 0.29) is 12.2 Å². The number of hydrogen-bond acceptors (Lipinski definition) is 3. The van der Waals surface area contributed by atoms with Crippen LogP contribution in [0.15, 0.2) is 78.9 Å². The first-order chi connectivity index (χ1) is 12.6. The monoisotopic (exact) mass is 343 g/mol. The highest BCUT2D eigenvalue weighted by molar-refractivity contribution is 6.09. The zero-order valence-electron chi connectivity index (χ0n) is 14.0. The van der Waals surface area contributed by atoms with E-state index in [9.17, 15) is 14.7 Å². The minimum Gasteiger partial charge on any atom is -0.375 e. The molecule has 0 radical (unpaired) electrons. The first kappa shape index (κ1) is 16.2. The molecule has 1 amide bonds. The van der Waals surface area contributed by atoms with Crippen LogP contribution in [0.5, 0.6) is 0 Å². The van der Waals surface area contributed by atoms with E-state index in [2.05, 4.69) is 5.32 Å². The molecule has 3 aromatic carbocycles. The number of carbonyl (C=O) groups is 2. The second-order valence-corrected chi connectivity index (χ2v) is 6.40. The smallest absolute Gasteiger partial charge is 0.261 e. The maximum Gasteiger partial charge on any atom is 0.261 e. The van der Waals surface area contributed by atoms with Crippen molar-refractivity contribution in [1.82, 2.24) is 0 Å². The van der Waals surface area contributed by atoms with Gasteiger partial charge in [0.05, 0.1) is 6.42 Å². The van der Waals surface area contributed by atoms with E-state index in [1.807, 2.05) is 42.5 Å². The van der Waals surface area contributed by atoms with E-state index >= 15 is 0 Å². The molecule has 0 fully saturated rings. The Morgan fingerprint density at radius 1 is 0.846 bits per heavy atom. The highest BCUT2D eigenvalue weighted by atomic mass is 16.3. The van der Waals surface area contributed by atoms with Crippen LogP contribution in [-0.4, -0.2) is 16.8 Å². The van der Waals surface area contributed by atoms with Gasteiger partial charge in [0.1, 0.15) is 0 Å². The molecule has 0 saturated heterocycles. The summed E-state index contributed by atoms with van der Waals surface area (Å²) in [5.41, 5.74) is 1.70. The van der Waals surface area contributed by atoms with E-state index in [1.54, 1.807) is 36.4 Å². The first-order valence-corrected chi connectivity index (χ1v) is 8.40. The average molecular weight is 343 g/mol. The fourth-order valence-electron chi connectivity index (χ4n) is 3.29. The van der Waals surface area contributed by atoms with Crippen LogP contribution in [0, 0.1) is 0 Å². The zero-order chi connectivity index (χ0) is 18.1. The lowest BCUT2D eigenvalue weighted by atomic mass is 9.88. The largest absolute Gasteiger partial charge is 0.375 e. The molecular formula is C22H17NO3. The van der Waals surface area contributed by atoms with Crippen LogP contribution in [0.25, 0.3) is 11.1 Å². The van der Waals surface area contributed by atoms with Crippen molar-refractivity contribution in [3.05, 3.63) is 90.0 Å². The van der Waals surface area contributed by atoms with Gasteiger partial charge in [-0.3, -0.25) is 9.59 Å². The Balaban J connectivity index is 1.58. The predicted octanol–water partition coefficient (Wildman–Crippen LogP) is 3.77. The van der Waals surface area contributed by atoms with E-state index in [0.29, 0.717) is 16.8 Å². The Morgan fingerprint density at radius 3 is 2.19 bits per heavy atom. The quantitative estimate of drug-likeness (QED) is 0.709. The van der Waals surface area contributed by atoms with Gasteiger partial charge in [-0.15, -0.1) is 0 Å². The molecule has 26 heavy (non-hydrogen) atoms. The van der Waals surface area contributed by atoms with Crippen LogP contribution in [-0.2, 0) is 10.4 Å². The molecule has 1 atom stereocenters. The second kappa shape index (κ2) is 6.24. The third kappa shape index (κ3) is 2.70.